The Morgan fingerprint density at radius 2 is 1.16 bits per heavy atom. The number of hydrogen-bond donors (Lipinski definition) is 0. The molecule has 0 atom stereocenters. The van der Waals surface area contributed by atoms with Crippen LogP contribution in [0.15, 0.2) is 152 Å². The molecule has 1 fully saturated rings. The Labute approximate surface area is 320 Å². The first-order valence-electron chi connectivity index (χ1n) is 20.2. The second-order valence-electron chi connectivity index (χ2n) is 15.9. The SMILES string of the molecule is CCc1c(-n2c3c4c(c5ccccc5c3c3ccc5ccccc5c32)-c2ccccc2C42CCCCC2)c(-c2cccc3ccccc23)nc2ccccc12. The maximum atomic E-state index is 5.73. The van der Waals surface area contributed by atoms with E-state index in [1.54, 1.807) is 0 Å². The molecule has 55 heavy (non-hydrogen) atoms. The smallest absolute Gasteiger partial charge is 0.0959 e. The van der Waals surface area contributed by atoms with E-state index in [2.05, 4.69) is 163 Å². The number of rotatable bonds is 3. The summed E-state index contributed by atoms with van der Waals surface area (Å²) in [6.07, 6.45) is 6.99. The van der Waals surface area contributed by atoms with E-state index in [1.807, 2.05) is 0 Å². The van der Waals surface area contributed by atoms with E-state index in [0.29, 0.717) is 0 Å². The molecule has 0 amide bonds. The van der Waals surface area contributed by atoms with Gasteiger partial charge >= 0.3 is 0 Å². The molecule has 0 radical (unpaired) electrons. The lowest BCUT2D eigenvalue weighted by Crippen LogP contribution is -2.28. The van der Waals surface area contributed by atoms with Crippen LogP contribution in [0.1, 0.15) is 55.7 Å². The quantitative estimate of drug-likeness (QED) is 0.179. The third-order valence-electron chi connectivity index (χ3n) is 13.3. The number of pyridine rings is 1. The lowest BCUT2D eigenvalue weighted by Gasteiger charge is -2.37. The minimum absolute atomic E-state index is 0.0648. The van der Waals surface area contributed by atoms with Gasteiger partial charge in [0, 0.05) is 32.5 Å². The normalized spacial score (nSPS) is 14.9. The van der Waals surface area contributed by atoms with Crippen LogP contribution < -0.4 is 0 Å². The third kappa shape index (κ3) is 4.12. The zero-order valence-corrected chi connectivity index (χ0v) is 31.1. The van der Waals surface area contributed by atoms with Gasteiger partial charge in [-0.3, -0.25) is 0 Å². The maximum Gasteiger partial charge on any atom is 0.0959 e. The standard InChI is InChI=1S/C53H40N2/c1-2-35-38-22-11-13-28-45(38)54-49(41-26-16-19-33-17-4-6-20-36(33)41)51(35)55-50-37-21-7-5-18-34(37)29-30-43(50)47-40-24-9-8-23-39(40)46-42-25-10-12-27-44(42)53(48(46)52(47)55)31-14-3-15-32-53/h4-13,16-30H,2-3,14-15,31-32H2,1H3. The fraction of sp³-hybridized carbons (Fsp3) is 0.151. The highest BCUT2D eigenvalue weighted by molar-refractivity contribution is 6.30. The third-order valence-corrected chi connectivity index (χ3v) is 13.3. The molecule has 8 aromatic carbocycles. The van der Waals surface area contributed by atoms with Crippen LogP contribution in [0.2, 0.25) is 0 Å². The largest absolute Gasteiger partial charge is 0.306 e. The van der Waals surface area contributed by atoms with Crippen molar-refractivity contribution in [3.8, 4) is 28.1 Å². The van der Waals surface area contributed by atoms with E-state index in [4.69, 9.17) is 4.98 Å². The van der Waals surface area contributed by atoms with Gasteiger partial charge in [-0.2, -0.15) is 0 Å². The maximum absolute atomic E-state index is 5.73. The van der Waals surface area contributed by atoms with Gasteiger partial charge in [-0.05, 0) is 80.1 Å². The van der Waals surface area contributed by atoms with Crippen molar-refractivity contribution in [2.75, 3.05) is 0 Å². The Morgan fingerprint density at radius 3 is 1.98 bits per heavy atom. The first-order valence-corrected chi connectivity index (χ1v) is 20.2. The molecular formula is C53H40N2. The lowest BCUT2D eigenvalue weighted by molar-refractivity contribution is 0.354. The number of para-hydroxylation sites is 1. The van der Waals surface area contributed by atoms with Gasteiger partial charge in [-0.1, -0.05) is 172 Å². The minimum Gasteiger partial charge on any atom is -0.306 e. The number of hydrogen-bond acceptors (Lipinski definition) is 1. The fourth-order valence-corrected chi connectivity index (χ4v) is 11.1. The predicted molar refractivity (Wildman–Crippen MR) is 233 cm³/mol. The minimum atomic E-state index is -0.0648. The molecule has 12 rings (SSSR count). The summed E-state index contributed by atoms with van der Waals surface area (Å²) in [7, 11) is 0. The predicted octanol–water partition coefficient (Wildman–Crippen LogP) is 14.3. The Kier molecular flexibility index (Phi) is 6.58. The van der Waals surface area contributed by atoms with Crippen molar-refractivity contribution in [2.24, 2.45) is 0 Å². The Balaban J connectivity index is 1.40. The molecule has 1 saturated carbocycles. The Hall–Kier alpha value is -6.25. The van der Waals surface area contributed by atoms with Gasteiger partial charge in [0.2, 0.25) is 0 Å². The molecule has 10 aromatic rings. The summed E-state index contributed by atoms with van der Waals surface area (Å²) in [5.41, 5.74) is 14.3. The van der Waals surface area contributed by atoms with Crippen molar-refractivity contribution < 1.29 is 0 Å². The molecule has 0 saturated heterocycles. The summed E-state index contributed by atoms with van der Waals surface area (Å²) >= 11 is 0. The molecule has 2 aliphatic rings. The molecule has 2 aromatic heterocycles. The van der Waals surface area contributed by atoms with Crippen LogP contribution in [-0.2, 0) is 11.8 Å². The van der Waals surface area contributed by atoms with Gasteiger partial charge in [-0.25, -0.2) is 4.98 Å². The Morgan fingerprint density at radius 1 is 0.527 bits per heavy atom. The van der Waals surface area contributed by atoms with Crippen LogP contribution in [-0.4, -0.2) is 9.55 Å². The average molecular weight is 705 g/mol. The molecule has 1 spiro atoms. The first kappa shape index (κ1) is 31.1. The number of nitrogens with zero attached hydrogens (tertiary/aromatic N) is 2. The van der Waals surface area contributed by atoms with Crippen LogP contribution in [0.4, 0.5) is 0 Å². The van der Waals surface area contributed by atoms with Crippen LogP contribution >= 0.6 is 0 Å². The van der Waals surface area contributed by atoms with Crippen molar-refractivity contribution >= 4 is 65.0 Å². The zero-order valence-electron chi connectivity index (χ0n) is 31.1. The molecule has 2 nitrogen and oxygen atoms in total. The summed E-state index contributed by atoms with van der Waals surface area (Å²) in [6, 6.07) is 56.9. The summed E-state index contributed by atoms with van der Waals surface area (Å²) in [4.78, 5) is 5.73. The molecule has 0 N–H and O–H groups in total. The van der Waals surface area contributed by atoms with Gasteiger partial charge in [-0.15, -0.1) is 0 Å². The van der Waals surface area contributed by atoms with Crippen LogP contribution in [0, 0.1) is 0 Å². The van der Waals surface area contributed by atoms with Crippen LogP contribution in [0.25, 0.3) is 93.1 Å². The van der Waals surface area contributed by atoms with Crippen LogP contribution in [0.5, 0.6) is 0 Å². The molecule has 262 valence electrons. The van der Waals surface area contributed by atoms with Crippen molar-refractivity contribution in [3.05, 3.63) is 168 Å². The molecule has 0 aliphatic heterocycles. The average Bonchev–Trinajstić information content (AvgIpc) is 3.74. The van der Waals surface area contributed by atoms with Gasteiger partial charge in [0.05, 0.1) is 27.9 Å². The van der Waals surface area contributed by atoms with Gasteiger partial charge in [0.1, 0.15) is 0 Å². The second-order valence-corrected chi connectivity index (χ2v) is 15.9. The van der Waals surface area contributed by atoms with Crippen LogP contribution in [0.3, 0.4) is 0 Å². The number of aryl methyl sites for hydroxylation is 1. The van der Waals surface area contributed by atoms with E-state index in [0.717, 1.165) is 17.6 Å². The van der Waals surface area contributed by atoms with Crippen molar-refractivity contribution in [2.45, 2.75) is 50.9 Å². The van der Waals surface area contributed by atoms with Gasteiger partial charge in [0.25, 0.3) is 0 Å². The van der Waals surface area contributed by atoms with Crippen molar-refractivity contribution in [1.82, 2.24) is 9.55 Å². The lowest BCUT2D eigenvalue weighted by atomic mass is 9.67. The second kappa shape index (κ2) is 11.6. The number of aromatic nitrogens is 2. The van der Waals surface area contributed by atoms with Gasteiger partial charge in [0.15, 0.2) is 0 Å². The topological polar surface area (TPSA) is 17.8 Å². The van der Waals surface area contributed by atoms with Crippen molar-refractivity contribution in [3.63, 3.8) is 0 Å². The highest BCUT2D eigenvalue weighted by Crippen LogP contribution is 2.61. The van der Waals surface area contributed by atoms with E-state index in [-0.39, 0.29) is 5.41 Å². The van der Waals surface area contributed by atoms with Crippen molar-refractivity contribution in [1.29, 1.82) is 0 Å². The Bertz CT molecular complexity index is 3220. The first-order chi connectivity index (χ1) is 27.3. The van der Waals surface area contributed by atoms with E-state index < -0.39 is 0 Å². The molecule has 2 heterocycles. The summed E-state index contributed by atoms with van der Waals surface area (Å²) < 4.78 is 2.75. The molecule has 0 bridgehead atoms. The fourth-order valence-electron chi connectivity index (χ4n) is 11.1. The molecule has 2 aliphatic carbocycles. The number of fused-ring (bicyclic) bond motifs is 16. The van der Waals surface area contributed by atoms with Gasteiger partial charge < -0.3 is 4.57 Å². The number of benzene rings is 8. The summed E-state index contributed by atoms with van der Waals surface area (Å²) in [6.45, 7) is 2.34. The van der Waals surface area contributed by atoms with E-state index in [1.165, 1.54) is 131 Å². The monoisotopic (exact) mass is 704 g/mol. The molecular weight excluding hydrogens is 665 g/mol. The molecule has 2 heteroatoms. The van der Waals surface area contributed by atoms with E-state index in [9.17, 15) is 0 Å². The highest BCUT2D eigenvalue weighted by Gasteiger charge is 2.47. The van der Waals surface area contributed by atoms with E-state index >= 15 is 0 Å². The molecule has 0 unspecified atom stereocenters. The highest BCUT2D eigenvalue weighted by atomic mass is 15.0. The summed E-state index contributed by atoms with van der Waals surface area (Å²) in [5, 5.41) is 11.6. The zero-order chi connectivity index (χ0) is 36.3. The summed E-state index contributed by atoms with van der Waals surface area (Å²) in [5.74, 6) is 0.